The first-order valence-electron chi connectivity index (χ1n) is 19.7. The minimum Gasteiger partial charge on any atom is -0.310 e. The van der Waals surface area contributed by atoms with Crippen molar-refractivity contribution >= 4 is 67.8 Å². The summed E-state index contributed by atoms with van der Waals surface area (Å²) in [5.41, 5.74) is 11.9. The molecule has 0 aliphatic carbocycles. The Labute approximate surface area is 333 Å². The molecule has 8 aromatic carbocycles. The van der Waals surface area contributed by atoms with Crippen LogP contribution < -0.4 is 9.80 Å². The molecule has 8 rings (SSSR count). The van der Waals surface area contributed by atoms with Crippen molar-refractivity contribution < 1.29 is 0 Å². The second-order valence-electron chi connectivity index (χ2n) is 16.8. The molecule has 0 bridgehead atoms. The Bertz CT molecular complexity index is 2430. The van der Waals surface area contributed by atoms with Gasteiger partial charge in [-0.2, -0.15) is 0 Å². The van der Waals surface area contributed by atoms with Crippen LogP contribution >= 0.6 is 0 Å². The van der Waals surface area contributed by atoms with E-state index in [2.05, 4.69) is 245 Å². The zero-order valence-electron chi connectivity index (χ0n) is 33.4. The molecule has 0 amide bonds. The number of benzene rings is 8. The second kappa shape index (κ2) is 15.0. The first-order valence-corrected chi connectivity index (χ1v) is 19.7. The Hall–Kier alpha value is -6.38. The maximum Gasteiger partial charge on any atom is 0.0468 e. The van der Waals surface area contributed by atoms with Crippen molar-refractivity contribution in [2.45, 2.75) is 52.4 Å². The summed E-state index contributed by atoms with van der Waals surface area (Å²) < 4.78 is 0. The van der Waals surface area contributed by atoms with Gasteiger partial charge in [0, 0.05) is 34.1 Å². The van der Waals surface area contributed by atoms with Gasteiger partial charge in [0.2, 0.25) is 0 Å². The molecular formula is C54H50N2. The van der Waals surface area contributed by atoms with Crippen LogP contribution in [0.25, 0.3) is 33.7 Å². The molecule has 0 radical (unpaired) electrons. The van der Waals surface area contributed by atoms with Gasteiger partial charge in [-0.05, 0) is 127 Å². The van der Waals surface area contributed by atoms with Crippen molar-refractivity contribution in [2.75, 3.05) is 9.80 Å². The van der Waals surface area contributed by atoms with Gasteiger partial charge in [0.1, 0.15) is 0 Å². The first kappa shape index (κ1) is 36.6. The van der Waals surface area contributed by atoms with Gasteiger partial charge in [-0.15, -0.1) is 0 Å². The SMILES string of the molecule is CC(C)(C)c1ccc(N(c2ccc(C=Cc3ccc(N(c4ccc(C(C)(C)C)cc4)c4ccc5ccccc5c4)cc3)cc2)c2ccc3ccccc3c2)cc1. The lowest BCUT2D eigenvalue weighted by atomic mass is 9.87. The smallest absolute Gasteiger partial charge is 0.0468 e. The highest BCUT2D eigenvalue weighted by molar-refractivity contribution is 5.91. The number of hydrogen-bond acceptors (Lipinski definition) is 2. The highest BCUT2D eigenvalue weighted by Crippen LogP contribution is 2.39. The average molecular weight is 727 g/mol. The summed E-state index contributed by atoms with van der Waals surface area (Å²) in [6.45, 7) is 13.6. The number of anilines is 6. The lowest BCUT2D eigenvalue weighted by molar-refractivity contribution is 0.590. The van der Waals surface area contributed by atoms with Gasteiger partial charge in [0.15, 0.2) is 0 Å². The molecule has 276 valence electrons. The number of hydrogen-bond donors (Lipinski definition) is 0. The molecule has 0 saturated carbocycles. The fourth-order valence-electron chi connectivity index (χ4n) is 7.41. The highest BCUT2D eigenvalue weighted by atomic mass is 15.1. The van der Waals surface area contributed by atoms with Crippen molar-refractivity contribution in [3.05, 3.63) is 204 Å². The zero-order chi connectivity index (χ0) is 38.9. The predicted molar refractivity (Wildman–Crippen MR) is 244 cm³/mol. The molecule has 0 saturated heterocycles. The maximum atomic E-state index is 2.35. The molecule has 0 atom stereocenters. The van der Waals surface area contributed by atoms with E-state index in [9.17, 15) is 0 Å². The van der Waals surface area contributed by atoms with Crippen LogP contribution in [0.4, 0.5) is 34.1 Å². The van der Waals surface area contributed by atoms with Crippen LogP contribution in [0.2, 0.25) is 0 Å². The van der Waals surface area contributed by atoms with Gasteiger partial charge >= 0.3 is 0 Å². The Morgan fingerprint density at radius 3 is 0.911 bits per heavy atom. The Morgan fingerprint density at radius 1 is 0.304 bits per heavy atom. The lowest BCUT2D eigenvalue weighted by Crippen LogP contribution is -2.13. The third-order valence-electron chi connectivity index (χ3n) is 10.7. The molecule has 0 unspecified atom stereocenters. The van der Waals surface area contributed by atoms with Crippen molar-refractivity contribution in [2.24, 2.45) is 0 Å². The van der Waals surface area contributed by atoms with Crippen molar-refractivity contribution in [1.29, 1.82) is 0 Å². The van der Waals surface area contributed by atoms with Gasteiger partial charge in [0.05, 0.1) is 0 Å². The van der Waals surface area contributed by atoms with Crippen LogP contribution in [0.3, 0.4) is 0 Å². The zero-order valence-corrected chi connectivity index (χ0v) is 33.4. The average Bonchev–Trinajstić information content (AvgIpc) is 3.21. The van der Waals surface area contributed by atoms with E-state index in [1.54, 1.807) is 0 Å². The molecule has 56 heavy (non-hydrogen) atoms. The van der Waals surface area contributed by atoms with Crippen LogP contribution in [0, 0.1) is 0 Å². The summed E-state index contributed by atoms with van der Waals surface area (Å²) in [5.74, 6) is 0. The van der Waals surface area contributed by atoms with E-state index in [1.165, 1.54) is 32.7 Å². The van der Waals surface area contributed by atoms with E-state index in [1.807, 2.05) is 0 Å². The molecule has 2 nitrogen and oxygen atoms in total. The summed E-state index contributed by atoms with van der Waals surface area (Å²) >= 11 is 0. The van der Waals surface area contributed by atoms with E-state index in [4.69, 9.17) is 0 Å². The minimum absolute atomic E-state index is 0.0929. The summed E-state index contributed by atoms with van der Waals surface area (Å²) in [5, 5.41) is 4.93. The van der Waals surface area contributed by atoms with Crippen molar-refractivity contribution in [3.63, 3.8) is 0 Å². The Morgan fingerprint density at radius 2 is 0.589 bits per heavy atom. The largest absolute Gasteiger partial charge is 0.310 e. The van der Waals surface area contributed by atoms with E-state index < -0.39 is 0 Å². The minimum atomic E-state index is 0.0929. The molecular weight excluding hydrogens is 677 g/mol. The molecule has 0 aromatic heterocycles. The van der Waals surface area contributed by atoms with E-state index in [-0.39, 0.29) is 10.8 Å². The van der Waals surface area contributed by atoms with Crippen molar-refractivity contribution in [1.82, 2.24) is 0 Å². The standard InChI is InChI=1S/C54H50N2/c1-53(2,3)45-23-33-49(34-24-45)55(51-31-21-41-11-7-9-13-43(41)37-51)47-27-17-39(18-28-47)15-16-40-19-29-48(30-20-40)56(50-35-25-46(26-36-50)54(4,5)6)52-32-22-42-12-8-10-14-44(42)38-52/h7-38H,1-6H3. The molecule has 8 aromatic rings. The van der Waals surface area contributed by atoms with Gasteiger partial charge in [-0.25, -0.2) is 0 Å². The number of rotatable bonds is 8. The Kier molecular flexibility index (Phi) is 9.83. The predicted octanol–water partition coefficient (Wildman–Crippen LogP) is 15.7. The quantitative estimate of drug-likeness (QED) is 0.144. The fraction of sp³-hybridized carbons (Fsp3) is 0.148. The summed E-state index contributed by atoms with van der Waals surface area (Å²) in [4.78, 5) is 4.70. The third-order valence-corrected chi connectivity index (χ3v) is 10.7. The summed E-state index contributed by atoms with van der Waals surface area (Å²) in [6.07, 6.45) is 4.40. The summed E-state index contributed by atoms with van der Waals surface area (Å²) in [6, 6.07) is 66.3. The first-order chi connectivity index (χ1) is 27.0. The molecule has 0 heterocycles. The molecule has 0 aliphatic rings. The van der Waals surface area contributed by atoms with Gasteiger partial charge in [0.25, 0.3) is 0 Å². The van der Waals surface area contributed by atoms with Gasteiger partial charge in [-0.3, -0.25) is 0 Å². The fourth-order valence-corrected chi connectivity index (χ4v) is 7.41. The molecule has 2 heteroatoms. The van der Waals surface area contributed by atoms with E-state index in [0.29, 0.717) is 0 Å². The maximum absolute atomic E-state index is 2.35. The molecule has 0 spiro atoms. The van der Waals surface area contributed by atoms with E-state index in [0.717, 1.165) is 45.3 Å². The van der Waals surface area contributed by atoms with Gasteiger partial charge < -0.3 is 9.80 Å². The Balaban J connectivity index is 1.07. The van der Waals surface area contributed by atoms with Crippen LogP contribution in [-0.2, 0) is 10.8 Å². The number of fused-ring (bicyclic) bond motifs is 2. The highest BCUT2D eigenvalue weighted by Gasteiger charge is 2.18. The second-order valence-corrected chi connectivity index (χ2v) is 16.8. The van der Waals surface area contributed by atoms with Crippen LogP contribution in [0.15, 0.2) is 182 Å². The van der Waals surface area contributed by atoms with Gasteiger partial charge in [-0.1, -0.05) is 163 Å². The third kappa shape index (κ3) is 7.88. The van der Waals surface area contributed by atoms with Crippen LogP contribution in [0.5, 0.6) is 0 Å². The normalized spacial score (nSPS) is 12.0. The van der Waals surface area contributed by atoms with Crippen LogP contribution in [-0.4, -0.2) is 0 Å². The monoisotopic (exact) mass is 726 g/mol. The van der Waals surface area contributed by atoms with Crippen molar-refractivity contribution in [3.8, 4) is 0 Å². The molecule has 0 fully saturated rings. The lowest BCUT2D eigenvalue weighted by Gasteiger charge is -2.27. The number of nitrogens with zero attached hydrogens (tertiary/aromatic N) is 2. The molecule has 0 N–H and O–H groups in total. The van der Waals surface area contributed by atoms with Crippen LogP contribution in [0.1, 0.15) is 63.8 Å². The molecule has 0 aliphatic heterocycles. The van der Waals surface area contributed by atoms with E-state index >= 15 is 0 Å². The summed E-state index contributed by atoms with van der Waals surface area (Å²) in [7, 11) is 0. The topological polar surface area (TPSA) is 6.48 Å².